The molecule has 1 saturated carbocycles. The number of nitrogens with one attached hydrogen (secondary N) is 1. The molecule has 1 N–H and O–H groups in total. The number of nitrogens with zero attached hydrogens (tertiary/aromatic N) is 2. The lowest BCUT2D eigenvalue weighted by Gasteiger charge is -2.33. The average Bonchev–Trinajstić information content (AvgIpc) is 3.24. The van der Waals surface area contributed by atoms with Crippen molar-refractivity contribution >= 4 is 11.6 Å². The molecular formula is C15H20FN3O. The number of hydrogen-bond donors (Lipinski definition) is 1. The van der Waals surface area contributed by atoms with Gasteiger partial charge >= 0.3 is 0 Å². The average molecular weight is 277 g/mol. The Hall–Kier alpha value is -1.62. The molecule has 1 heterocycles. The van der Waals surface area contributed by atoms with Gasteiger partial charge in [-0.15, -0.1) is 0 Å². The van der Waals surface area contributed by atoms with E-state index in [4.69, 9.17) is 0 Å². The van der Waals surface area contributed by atoms with Crippen LogP contribution in [0.15, 0.2) is 18.2 Å². The van der Waals surface area contributed by atoms with E-state index in [0.29, 0.717) is 31.4 Å². The number of likely N-dealkylation sites (N-methyl/N-ethyl adjacent to an activating group) is 1. The summed E-state index contributed by atoms with van der Waals surface area (Å²) in [6.45, 7) is 2.29. The van der Waals surface area contributed by atoms with Crippen molar-refractivity contribution < 1.29 is 9.18 Å². The van der Waals surface area contributed by atoms with Crippen molar-refractivity contribution in [1.29, 1.82) is 0 Å². The van der Waals surface area contributed by atoms with E-state index < -0.39 is 0 Å². The summed E-state index contributed by atoms with van der Waals surface area (Å²) < 4.78 is 14.2. The van der Waals surface area contributed by atoms with E-state index in [0.717, 1.165) is 5.56 Å². The van der Waals surface area contributed by atoms with Crippen molar-refractivity contribution in [3.8, 4) is 0 Å². The number of rotatable bonds is 4. The topological polar surface area (TPSA) is 35.6 Å². The molecule has 3 rings (SSSR count). The van der Waals surface area contributed by atoms with Gasteiger partial charge in [0.05, 0.1) is 12.2 Å². The van der Waals surface area contributed by atoms with Crippen LogP contribution in [-0.2, 0) is 11.3 Å². The lowest BCUT2D eigenvalue weighted by Crippen LogP contribution is -2.48. The fourth-order valence-electron chi connectivity index (χ4n) is 2.43. The Bertz CT molecular complexity index is 516. The summed E-state index contributed by atoms with van der Waals surface area (Å²) in [5.41, 5.74) is 1.49. The van der Waals surface area contributed by atoms with E-state index in [1.807, 2.05) is 11.0 Å². The van der Waals surface area contributed by atoms with Crippen LogP contribution < -0.4 is 10.2 Å². The molecular weight excluding hydrogens is 257 g/mol. The van der Waals surface area contributed by atoms with E-state index in [1.165, 1.54) is 12.8 Å². The van der Waals surface area contributed by atoms with E-state index in [-0.39, 0.29) is 18.3 Å². The molecule has 4 nitrogen and oxygen atoms in total. The third-order valence-corrected chi connectivity index (χ3v) is 3.98. The summed E-state index contributed by atoms with van der Waals surface area (Å²) in [4.78, 5) is 15.2. The zero-order valence-electron chi connectivity index (χ0n) is 11.7. The van der Waals surface area contributed by atoms with Crippen LogP contribution >= 0.6 is 0 Å². The van der Waals surface area contributed by atoms with E-state index in [2.05, 4.69) is 5.32 Å². The summed E-state index contributed by atoms with van der Waals surface area (Å²) in [7, 11) is 1.78. The van der Waals surface area contributed by atoms with Crippen LogP contribution in [0.5, 0.6) is 0 Å². The van der Waals surface area contributed by atoms with Crippen LogP contribution in [0.1, 0.15) is 18.4 Å². The second-order valence-electron chi connectivity index (χ2n) is 5.68. The highest BCUT2D eigenvalue weighted by Crippen LogP contribution is 2.23. The molecule has 1 saturated heterocycles. The molecule has 2 fully saturated rings. The highest BCUT2D eigenvalue weighted by Gasteiger charge is 2.23. The van der Waals surface area contributed by atoms with Crippen molar-refractivity contribution in [1.82, 2.24) is 10.2 Å². The van der Waals surface area contributed by atoms with Crippen LogP contribution in [0.3, 0.4) is 0 Å². The molecule has 0 radical (unpaired) electrons. The van der Waals surface area contributed by atoms with Gasteiger partial charge in [0.1, 0.15) is 5.82 Å². The molecule has 0 aromatic heterocycles. The molecule has 1 aromatic carbocycles. The van der Waals surface area contributed by atoms with Gasteiger partial charge in [-0.05, 0) is 30.5 Å². The minimum Gasteiger partial charge on any atom is -0.358 e. The number of hydrogen-bond acceptors (Lipinski definition) is 3. The normalized spacial score (nSPS) is 19.6. The van der Waals surface area contributed by atoms with E-state index in [9.17, 15) is 9.18 Å². The van der Waals surface area contributed by atoms with Crippen LogP contribution in [0.2, 0.25) is 0 Å². The standard InChI is InChI=1S/C15H20FN3O/c1-18-6-7-19(10-15(18)20)14-5-2-11(8-13(14)16)9-17-12-3-4-12/h2,5,8,12,17H,3-4,6-7,9-10H2,1H3. The first-order valence-corrected chi connectivity index (χ1v) is 7.14. The van der Waals surface area contributed by atoms with Gasteiger partial charge in [-0.2, -0.15) is 0 Å². The van der Waals surface area contributed by atoms with Crippen LogP contribution in [0, 0.1) is 5.82 Å². The van der Waals surface area contributed by atoms with E-state index in [1.54, 1.807) is 24.1 Å². The lowest BCUT2D eigenvalue weighted by molar-refractivity contribution is -0.129. The Balaban J connectivity index is 1.68. The fourth-order valence-corrected chi connectivity index (χ4v) is 2.43. The molecule has 1 aromatic rings. The largest absolute Gasteiger partial charge is 0.358 e. The van der Waals surface area contributed by atoms with E-state index >= 15 is 0 Å². The first kappa shape index (κ1) is 13.4. The van der Waals surface area contributed by atoms with Crippen LogP contribution in [0.25, 0.3) is 0 Å². The van der Waals surface area contributed by atoms with Crippen molar-refractivity contribution in [2.24, 2.45) is 0 Å². The Morgan fingerprint density at radius 1 is 1.35 bits per heavy atom. The minimum atomic E-state index is -0.238. The number of anilines is 1. The van der Waals surface area contributed by atoms with Crippen molar-refractivity contribution in [3.05, 3.63) is 29.6 Å². The molecule has 0 spiro atoms. The Morgan fingerprint density at radius 2 is 2.15 bits per heavy atom. The Morgan fingerprint density at radius 3 is 2.80 bits per heavy atom. The van der Waals surface area contributed by atoms with Gasteiger partial charge in [-0.3, -0.25) is 4.79 Å². The van der Waals surface area contributed by atoms with Gasteiger partial charge in [-0.1, -0.05) is 6.07 Å². The third kappa shape index (κ3) is 2.93. The van der Waals surface area contributed by atoms with Gasteiger partial charge in [0.15, 0.2) is 0 Å². The number of amides is 1. The highest BCUT2D eigenvalue weighted by atomic mass is 19.1. The maximum Gasteiger partial charge on any atom is 0.241 e. The van der Waals surface area contributed by atoms with Gasteiger partial charge in [-0.25, -0.2) is 4.39 Å². The SMILES string of the molecule is CN1CCN(c2ccc(CNC3CC3)cc2F)CC1=O. The monoisotopic (exact) mass is 277 g/mol. The van der Waals surface area contributed by atoms with Crippen molar-refractivity contribution in [2.45, 2.75) is 25.4 Å². The predicted octanol–water partition coefficient (Wildman–Crippen LogP) is 1.36. The first-order chi connectivity index (χ1) is 9.63. The first-order valence-electron chi connectivity index (χ1n) is 7.14. The molecule has 0 atom stereocenters. The number of piperazine rings is 1. The number of carbonyl (C=O) groups is 1. The third-order valence-electron chi connectivity index (χ3n) is 3.98. The number of halogens is 1. The number of carbonyl (C=O) groups excluding carboxylic acids is 1. The maximum absolute atomic E-state index is 14.2. The molecule has 0 bridgehead atoms. The van der Waals surface area contributed by atoms with Gasteiger partial charge in [0.2, 0.25) is 5.91 Å². The second kappa shape index (κ2) is 5.40. The molecule has 20 heavy (non-hydrogen) atoms. The fraction of sp³-hybridized carbons (Fsp3) is 0.533. The molecule has 0 unspecified atom stereocenters. The maximum atomic E-state index is 14.2. The van der Waals surface area contributed by atoms with Crippen LogP contribution in [0.4, 0.5) is 10.1 Å². The van der Waals surface area contributed by atoms with Gasteiger partial charge in [0.25, 0.3) is 0 Å². The second-order valence-corrected chi connectivity index (χ2v) is 5.68. The Kier molecular flexibility index (Phi) is 3.61. The molecule has 1 aliphatic carbocycles. The summed E-state index contributed by atoms with van der Waals surface area (Å²) in [6.07, 6.45) is 2.45. The molecule has 2 aliphatic rings. The van der Waals surface area contributed by atoms with Crippen molar-refractivity contribution in [3.63, 3.8) is 0 Å². The molecule has 108 valence electrons. The molecule has 1 amide bonds. The zero-order chi connectivity index (χ0) is 14.1. The lowest BCUT2D eigenvalue weighted by atomic mass is 10.1. The molecule has 5 heteroatoms. The predicted molar refractivity (Wildman–Crippen MR) is 76.1 cm³/mol. The Labute approximate surface area is 118 Å². The van der Waals surface area contributed by atoms with Gasteiger partial charge in [0, 0.05) is 32.7 Å². The molecule has 1 aliphatic heterocycles. The number of benzene rings is 1. The zero-order valence-corrected chi connectivity index (χ0v) is 11.7. The van der Waals surface area contributed by atoms with Gasteiger partial charge < -0.3 is 15.1 Å². The summed E-state index contributed by atoms with van der Waals surface area (Å²) in [6, 6.07) is 5.93. The van der Waals surface area contributed by atoms with Crippen molar-refractivity contribution in [2.75, 3.05) is 31.6 Å². The highest BCUT2D eigenvalue weighted by molar-refractivity contribution is 5.82. The summed E-state index contributed by atoms with van der Waals surface area (Å²) in [5, 5.41) is 3.37. The smallest absolute Gasteiger partial charge is 0.241 e. The quantitative estimate of drug-likeness (QED) is 0.902. The minimum absolute atomic E-state index is 0.0372. The summed E-state index contributed by atoms with van der Waals surface area (Å²) >= 11 is 0. The van der Waals surface area contributed by atoms with Crippen LogP contribution in [-0.4, -0.2) is 43.5 Å². The summed E-state index contributed by atoms with van der Waals surface area (Å²) in [5.74, 6) is -0.201.